The summed E-state index contributed by atoms with van der Waals surface area (Å²) in [4.78, 5) is 37.3. The predicted octanol–water partition coefficient (Wildman–Crippen LogP) is 4.05. The summed E-state index contributed by atoms with van der Waals surface area (Å²) in [6.45, 7) is 1.88. The van der Waals surface area contributed by atoms with Crippen molar-refractivity contribution in [1.29, 1.82) is 0 Å². The maximum Gasteiger partial charge on any atom is 0.258 e. The Kier molecular flexibility index (Phi) is 5.42. The molecule has 2 aliphatic carbocycles. The molecule has 1 saturated carbocycles. The molecular weight excluding hydrogens is 416 g/mol. The molecule has 1 atom stereocenters. The SMILES string of the molecule is CC(NC(=O)c1ccc2c(c1)C(=O)c1ccccc1-2)c1ccc(OCC(=O)NC2CC2)cc1. The summed E-state index contributed by atoms with van der Waals surface area (Å²) in [5, 5.41) is 5.86. The highest BCUT2D eigenvalue weighted by molar-refractivity contribution is 6.22. The molecule has 6 nitrogen and oxygen atoms in total. The number of ether oxygens (including phenoxy) is 1. The van der Waals surface area contributed by atoms with Gasteiger partial charge >= 0.3 is 0 Å². The highest BCUT2D eigenvalue weighted by Gasteiger charge is 2.27. The summed E-state index contributed by atoms with van der Waals surface area (Å²) in [7, 11) is 0. The van der Waals surface area contributed by atoms with Gasteiger partial charge in [-0.15, -0.1) is 0 Å². The predicted molar refractivity (Wildman–Crippen MR) is 124 cm³/mol. The zero-order chi connectivity index (χ0) is 22.9. The third-order valence-electron chi connectivity index (χ3n) is 6.03. The number of nitrogens with one attached hydrogen (secondary N) is 2. The van der Waals surface area contributed by atoms with Gasteiger partial charge in [0.25, 0.3) is 11.8 Å². The smallest absolute Gasteiger partial charge is 0.258 e. The largest absolute Gasteiger partial charge is 0.484 e. The van der Waals surface area contributed by atoms with Gasteiger partial charge in [0.15, 0.2) is 12.4 Å². The second kappa shape index (κ2) is 8.54. The van der Waals surface area contributed by atoms with Crippen LogP contribution in [0.5, 0.6) is 5.75 Å². The Morgan fingerprint density at radius 3 is 2.36 bits per heavy atom. The van der Waals surface area contributed by atoms with Crippen LogP contribution in [0.15, 0.2) is 66.7 Å². The normalized spacial score (nSPS) is 14.8. The fraction of sp³-hybridized carbons (Fsp3) is 0.222. The van der Waals surface area contributed by atoms with Crippen LogP contribution in [-0.2, 0) is 4.79 Å². The van der Waals surface area contributed by atoms with Crippen LogP contribution in [0.4, 0.5) is 0 Å². The van der Waals surface area contributed by atoms with Crippen molar-refractivity contribution < 1.29 is 19.1 Å². The van der Waals surface area contributed by atoms with E-state index in [-0.39, 0.29) is 30.2 Å². The number of fused-ring (bicyclic) bond motifs is 3. The van der Waals surface area contributed by atoms with Crippen LogP contribution in [0.1, 0.15) is 57.7 Å². The van der Waals surface area contributed by atoms with Crippen molar-refractivity contribution in [2.75, 3.05) is 6.61 Å². The summed E-state index contributed by atoms with van der Waals surface area (Å²) in [6.07, 6.45) is 2.08. The van der Waals surface area contributed by atoms with Gasteiger partial charge in [0.1, 0.15) is 5.75 Å². The summed E-state index contributed by atoms with van der Waals surface area (Å²) in [5.41, 5.74) is 4.35. The van der Waals surface area contributed by atoms with Crippen molar-refractivity contribution in [3.63, 3.8) is 0 Å². The first-order valence-corrected chi connectivity index (χ1v) is 11.1. The first-order valence-electron chi connectivity index (χ1n) is 11.1. The molecule has 3 aromatic rings. The maximum atomic E-state index is 12.9. The van der Waals surface area contributed by atoms with Crippen LogP contribution in [0, 0.1) is 0 Å². The summed E-state index contributed by atoms with van der Waals surface area (Å²) < 4.78 is 5.53. The third kappa shape index (κ3) is 4.37. The molecule has 1 fully saturated rings. The second-order valence-corrected chi connectivity index (χ2v) is 8.53. The molecule has 6 heteroatoms. The van der Waals surface area contributed by atoms with Crippen molar-refractivity contribution in [1.82, 2.24) is 10.6 Å². The van der Waals surface area contributed by atoms with Crippen molar-refractivity contribution in [2.24, 2.45) is 0 Å². The Morgan fingerprint density at radius 2 is 1.64 bits per heavy atom. The summed E-state index contributed by atoms with van der Waals surface area (Å²) in [6, 6.07) is 20.1. The Labute approximate surface area is 192 Å². The number of hydrogen-bond acceptors (Lipinski definition) is 4. The Morgan fingerprint density at radius 1 is 0.939 bits per heavy atom. The average Bonchev–Trinajstić information content (AvgIpc) is 3.61. The molecule has 2 aliphatic rings. The molecule has 3 aromatic carbocycles. The number of amides is 2. The lowest BCUT2D eigenvalue weighted by atomic mass is 10.0. The van der Waals surface area contributed by atoms with Crippen LogP contribution < -0.4 is 15.4 Å². The number of carbonyl (C=O) groups is 3. The fourth-order valence-electron chi connectivity index (χ4n) is 4.03. The molecule has 0 saturated heterocycles. The van der Waals surface area contributed by atoms with Crippen molar-refractivity contribution in [3.8, 4) is 16.9 Å². The van der Waals surface area contributed by atoms with Gasteiger partial charge in [0.05, 0.1) is 6.04 Å². The molecule has 0 aliphatic heterocycles. The first kappa shape index (κ1) is 20.9. The number of ketones is 1. The van der Waals surface area contributed by atoms with Crippen LogP contribution in [0.3, 0.4) is 0 Å². The van der Waals surface area contributed by atoms with E-state index in [1.807, 2.05) is 49.4 Å². The van der Waals surface area contributed by atoms with Crippen LogP contribution in [-0.4, -0.2) is 30.2 Å². The van der Waals surface area contributed by atoms with E-state index in [4.69, 9.17) is 4.74 Å². The molecule has 0 aromatic heterocycles. The van der Waals surface area contributed by atoms with Crippen LogP contribution in [0.25, 0.3) is 11.1 Å². The zero-order valence-electron chi connectivity index (χ0n) is 18.3. The maximum absolute atomic E-state index is 12.9. The van der Waals surface area contributed by atoms with Crippen molar-refractivity contribution >= 4 is 17.6 Å². The van der Waals surface area contributed by atoms with E-state index in [1.165, 1.54) is 0 Å². The standard InChI is InChI=1S/C27H24N2O4/c1-16(17-6-11-20(12-7-17)33-15-25(30)29-19-9-10-19)28-27(32)18-8-13-22-21-4-2-3-5-23(21)26(31)24(22)14-18/h2-8,11-14,16,19H,9-10,15H2,1H3,(H,28,32)(H,29,30). The van der Waals surface area contributed by atoms with Crippen molar-refractivity contribution in [2.45, 2.75) is 31.8 Å². The zero-order valence-corrected chi connectivity index (χ0v) is 18.3. The van der Waals surface area contributed by atoms with Gasteiger partial charge in [-0.1, -0.05) is 42.5 Å². The molecule has 2 N–H and O–H groups in total. The van der Waals surface area contributed by atoms with Gasteiger partial charge in [0, 0.05) is 22.7 Å². The Hall–Kier alpha value is -3.93. The minimum atomic E-state index is -0.245. The number of carbonyl (C=O) groups excluding carboxylic acids is 3. The first-order chi connectivity index (χ1) is 16.0. The quantitative estimate of drug-likeness (QED) is 0.454. The summed E-state index contributed by atoms with van der Waals surface area (Å²) >= 11 is 0. The molecule has 0 bridgehead atoms. The minimum Gasteiger partial charge on any atom is -0.484 e. The average molecular weight is 440 g/mol. The van der Waals surface area contributed by atoms with E-state index in [0.717, 1.165) is 29.5 Å². The lowest BCUT2D eigenvalue weighted by Gasteiger charge is -2.15. The van der Waals surface area contributed by atoms with Crippen LogP contribution in [0.2, 0.25) is 0 Å². The van der Waals surface area contributed by atoms with Gasteiger partial charge in [-0.25, -0.2) is 0 Å². The van der Waals surface area contributed by atoms with E-state index in [0.29, 0.717) is 28.5 Å². The van der Waals surface area contributed by atoms with Gasteiger partial charge in [-0.05, 0) is 60.7 Å². The molecule has 0 spiro atoms. The number of benzene rings is 3. The van der Waals surface area contributed by atoms with Gasteiger partial charge in [-0.2, -0.15) is 0 Å². The minimum absolute atomic E-state index is 0.0109. The Balaban J connectivity index is 1.21. The highest BCUT2D eigenvalue weighted by atomic mass is 16.5. The molecule has 5 rings (SSSR count). The van der Waals surface area contributed by atoms with E-state index in [9.17, 15) is 14.4 Å². The van der Waals surface area contributed by atoms with E-state index >= 15 is 0 Å². The van der Waals surface area contributed by atoms with Crippen LogP contribution >= 0.6 is 0 Å². The molecule has 1 unspecified atom stereocenters. The Bertz CT molecular complexity index is 1250. The lowest BCUT2D eigenvalue weighted by molar-refractivity contribution is -0.123. The van der Waals surface area contributed by atoms with Gasteiger partial charge < -0.3 is 15.4 Å². The topological polar surface area (TPSA) is 84.5 Å². The molecule has 0 radical (unpaired) electrons. The van der Waals surface area contributed by atoms with Gasteiger partial charge in [0.2, 0.25) is 0 Å². The molecule has 166 valence electrons. The highest BCUT2D eigenvalue weighted by Crippen LogP contribution is 2.36. The number of hydrogen-bond donors (Lipinski definition) is 2. The van der Waals surface area contributed by atoms with Crippen molar-refractivity contribution in [3.05, 3.63) is 89.0 Å². The summed E-state index contributed by atoms with van der Waals surface area (Å²) in [5.74, 6) is 0.189. The molecular formula is C27H24N2O4. The third-order valence-corrected chi connectivity index (χ3v) is 6.03. The van der Waals surface area contributed by atoms with E-state index in [1.54, 1.807) is 24.3 Å². The fourth-order valence-corrected chi connectivity index (χ4v) is 4.03. The lowest BCUT2D eigenvalue weighted by Crippen LogP contribution is -2.30. The molecule has 2 amide bonds. The van der Waals surface area contributed by atoms with E-state index < -0.39 is 0 Å². The molecule has 33 heavy (non-hydrogen) atoms. The molecule has 0 heterocycles. The monoisotopic (exact) mass is 440 g/mol. The second-order valence-electron chi connectivity index (χ2n) is 8.53. The number of rotatable bonds is 7. The van der Waals surface area contributed by atoms with E-state index in [2.05, 4.69) is 10.6 Å². The van der Waals surface area contributed by atoms with Gasteiger partial charge in [-0.3, -0.25) is 14.4 Å².